The second-order valence-corrected chi connectivity index (χ2v) is 10.6. The summed E-state index contributed by atoms with van der Waals surface area (Å²) in [5.41, 5.74) is 0. The predicted octanol–water partition coefficient (Wildman–Crippen LogP) is 3.80. The highest BCUT2D eigenvalue weighted by atomic mass is 32.2. The molecule has 3 fully saturated rings. The Kier molecular flexibility index (Phi) is 7.43. The summed E-state index contributed by atoms with van der Waals surface area (Å²) < 4.78 is 91.8. The Hall–Kier alpha value is -1.43. The maximum Gasteiger partial charge on any atom is 0.431 e. The zero-order chi connectivity index (χ0) is 23.7. The Morgan fingerprint density at radius 3 is 2.03 bits per heavy atom. The van der Waals surface area contributed by atoms with Crippen LogP contribution in [0.3, 0.4) is 0 Å². The molecule has 3 rings (SSSR count). The molecular formula is C20H28F4O7S. The third kappa shape index (κ3) is 4.90. The zero-order valence-electron chi connectivity index (χ0n) is 17.7. The lowest BCUT2D eigenvalue weighted by Crippen LogP contribution is -2.48. The number of esters is 2. The van der Waals surface area contributed by atoms with Crippen molar-refractivity contribution in [2.45, 2.75) is 87.6 Å². The van der Waals surface area contributed by atoms with Crippen molar-refractivity contribution in [1.82, 2.24) is 0 Å². The molecule has 3 aliphatic carbocycles. The molecule has 0 saturated heterocycles. The maximum absolute atomic E-state index is 13.9. The molecule has 0 aromatic rings. The van der Waals surface area contributed by atoms with E-state index in [0.29, 0.717) is 13.5 Å². The van der Waals surface area contributed by atoms with Gasteiger partial charge in [0.05, 0.1) is 19.4 Å². The standard InChI is InChI=1S/C20H28F4O7S/c1-29-32(27,28)20(23,24)19(21,22)10-9-15(25)30-16-13-7-8-14(11-13)17(16)31-18(26)12-5-3-2-4-6-12/h12-14,16-17H,2-11H2,1H3. The molecule has 184 valence electrons. The van der Waals surface area contributed by atoms with Gasteiger partial charge < -0.3 is 9.47 Å². The first-order valence-corrected chi connectivity index (χ1v) is 12.3. The lowest BCUT2D eigenvalue weighted by molar-refractivity contribution is -0.182. The van der Waals surface area contributed by atoms with Crippen molar-refractivity contribution in [2.24, 2.45) is 17.8 Å². The first kappa shape index (κ1) is 25.2. The van der Waals surface area contributed by atoms with Gasteiger partial charge in [0, 0.05) is 18.3 Å². The monoisotopic (exact) mass is 488 g/mol. The fourth-order valence-corrected chi connectivity index (χ4v) is 5.66. The smallest absolute Gasteiger partial charge is 0.431 e. The minimum Gasteiger partial charge on any atom is -0.458 e. The van der Waals surface area contributed by atoms with Crippen molar-refractivity contribution in [3.8, 4) is 0 Å². The Bertz CT molecular complexity index is 811. The van der Waals surface area contributed by atoms with Gasteiger partial charge in [-0.3, -0.25) is 13.8 Å². The number of halogens is 4. The molecule has 0 heterocycles. The highest BCUT2D eigenvalue weighted by Gasteiger charge is 2.66. The van der Waals surface area contributed by atoms with E-state index in [1.165, 1.54) is 0 Å². The van der Waals surface area contributed by atoms with Crippen LogP contribution < -0.4 is 0 Å². The number of ether oxygens (including phenoxy) is 2. The van der Waals surface area contributed by atoms with Crippen molar-refractivity contribution < 1.29 is 49.2 Å². The van der Waals surface area contributed by atoms with Crippen LogP contribution in [0.5, 0.6) is 0 Å². The molecule has 12 heteroatoms. The van der Waals surface area contributed by atoms with Crippen LogP contribution in [0.2, 0.25) is 0 Å². The van der Waals surface area contributed by atoms with Crippen molar-refractivity contribution >= 4 is 22.1 Å². The topological polar surface area (TPSA) is 96.0 Å². The summed E-state index contributed by atoms with van der Waals surface area (Å²) in [5, 5.41) is -5.50. The Labute approximate surface area is 184 Å². The highest BCUT2D eigenvalue weighted by molar-refractivity contribution is 7.87. The highest BCUT2D eigenvalue weighted by Crippen LogP contribution is 2.48. The molecule has 7 nitrogen and oxygen atoms in total. The molecule has 0 radical (unpaired) electrons. The summed E-state index contributed by atoms with van der Waals surface area (Å²) in [5.74, 6) is -6.86. The molecule has 32 heavy (non-hydrogen) atoms. The first-order valence-electron chi connectivity index (χ1n) is 10.9. The van der Waals surface area contributed by atoms with E-state index in [-0.39, 0.29) is 23.7 Å². The molecule has 0 N–H and O–H groups in total. The van der Waals surface area contributed by atoms with Crippen molar-refractivity contribution in [1.29, 1.82) is 0 Å². The Morgan fingerprint density at radius 1 is 0.906 bits per heavy atom. The summed E-state index contributed by atoms with van der Waals surface area (Å²) in [7, 11) is -5.51. The lowest BCUT2D eigenvalue weighted by Gasteiger charge is -2.32. The van der Waals surface area contributed by atoms with Crippen LogP contribution in [-0.4, -0.2) is 50.9 Å². The van der Waals surface area contributed by atoms with Crippen LogP contribution in [0, 0.1) is 17.8 Å². The molecule has 4 atom stereocenters. The fraction of sp³-hybridized carbons (Fsp3) is 0.900. The van der Waals surface area contributed by atoms with Gasteiger partial charge in [0.25, 0.3) is 0 Å². The number of carbonyl (C=O) groups is 2. The first-order chi connectivity index (χ1) is 14.9. The third-order valence-corrected chi connectivity index (χ3v) is 8.19. The van der Waals surface area contributed by atoms with Gasteiger partial charge in [-0.2, -0.15) is 26.0 Å². The summed E-state index contributed by atoms with van der Waals surface area (Å²) in [6, 6.07) is 0. The number of rotatable bonds is 9. The SMILES string of the molecule is COS(=O)(=O)C(F)(F)C(F)(F)CCC(=O)OC1C2CCC(C2)C1OC(=O)C1CCCCC1. The predicted molar refractivity (Wildman–Crippen MR) is 102 cm³/mol. The molecule has 2 bridgehead atoms. The van der Waals surface area contributed by atoms with Gasteiger partial charge in [0.2, 0.25) is 0 Å². The van der Waals surface area contributed by atoms with Gasteiger partial charge in [0.15, 0.2) is 0 Å². The van der Waals surface area contributed by atoms with E-state index >= 15 is 0 Å². The Balaban J connectivity index is 1.59. The molecule has 0 aromatic heterocycles. The van der Waals surface area contributed by atoms with Crippen molar-refractivity contribution in [3.63, 3.8) is 0 Å². The van der Waals surface area contributed by atoms with Gasteiger partial charge in [-0.15, -0.1) is 0 Å². The maximum atomic E-state index is 13.9. The third-order valence-electron chi connectivity index (χ3n) is 6.83. The number of fused-ring (bicyclic) bond motifs is 2. The average Bonchev–Trinajstić information content (AvgIpc) is 3.35. The molecular weight excluding hydrogens is 460 g/mol. The Morgan fingerprint density at radius 2 is 1.47 bits per heavy atom. The summed E-state index contributed by atoms with van der Waals surface area (Å²) in [6.45, 7) is 0. The molecule has 4 unspecified atom stereocenters. The summed E-state index contributed by atoms with van der Waals surface area (Å²) in [6.07, 6.45) is 2.23. The molecule has 0 amide bonds. The molecule has 3 saturated carbocycles. The lowest BCUT2D eigenvalue weighted by atomic mass is 9.89. The van der Waals surface area contributed by atoms with Gasteiger partial charge in [0.1, 0.15) is 12.2 Å². The van der Waals surface area contributed by atoms with Crippen LogP contribution in [-0.2, 0) is 33.4 Å². The van der Waals surface area contributed by atoms with Crippen LogP contribution >= 0.6 is 0 Å². The van der Waals surface area contributed by atoms with Gasteiger partial charge in [-0.1, -0.05) is 19.3 Å². The van der Waals surface area contributed by atoms with E-state index in [4.69, 9.17) is 9.47 Å². The van der Waals surface area contributed by atoms with E-state index in [1.807, 2.05) is 0 Å². The normalized spacial score (nSPS) is 29.2. The van der Waals surface area contributed by atoms with Gasteiger partial charge in [-0.05, 0) is 32.1 Å². The summed E-state index contributed by atoms with van der Waals surface area (Å²) >= 11 is 0. The van der Waals surface area contributed by atoms with Crippen molar-refractivity contribution in [3.05, 3.63) is 0 Å². The van der Waals surface area contributed by atoms with Gasteiger partial charge >= 0.3 is 33.2 Å². The van der Waals surface area contributed by atoms with E-state index in [9.17, 15) is 35.6 Å². The van der Waals surface area contributed by atoms with Crippen LogP contribution in [0.25, 0.3) is 0 Å². The number of hydrogen-bond donors (Lipinski definition) is 0. The van der Waals surface area contributed by atoms with Crippen LogP contribution in [0.15, 0.2) is 0 Å². The van der Waals surface area contributed by atoms with E-state index in [1.54, 1.807) is 0 Å². The number of alkyl halides is 4. The minimum absolute atomic E-state index is 0.00274. The van der Waals surface area contributed by atoms with E-state index in [2.05, 4.69) is 4.18 Å². The van der Waals surface area contributed by atoms with E-state index < -0.39 is 52.3 Å². The van der Waals surface area contributed by atoms with Gasteiger partial charge in [-0.25, -0.2) is 0 Å². The number of carbonyl (C=O) groups excluding carboxylic acids is 2. The zero-order valence-corrected chi connectivity index (χ0v) is 18.6. The van der Waals surface area contributed by atoms with Crippen LogP contribution in [0.1, 0.15) is 64.2 Å². The van der Waals surface area contributed by atoms with E-state index in [0.717, 1.165) is 44.9 Å². The molecule has 0 aliphatic heterocycles. The second-order valence-electron chi connectivity index (χ2n) is 8.87. The minimum atomic E-state index is -5.86. The molecule has 0 spiro atoms. The number of hydrogen-bond acceptors (Lipinski definition) is 7. The summed E-state index contributed by atoms with van der Waals surface area (Å²) in [4.78, 5) is 24.7. The second kappa shape index (κ2) is 9.44. The van der Waals surface area contributed by atoms with Crippen LogP contribution in [0.4, 0.5) is 17.6 Å². The largest absolute Gasteiger partial charge is 0.458 e. The quantitative estimate of drug-likeness (QED) is 0.277. The average molecular weight is 488 g/mol. The fourth-order valence-electron chi connectivity index (χ4n) is 4.98. The molecule has 3 aliphatic rings. The van der Waals surface area contributed by atoms with Crippen molar-refractivity contribution in [2.75, 3.05) is 7.11 Å². The molecule has 0 aromatic carbocycles.